The summed E-state index contributed by atoms with van der Waals surface area (Å²) in [6.07, 6.45) is 1.18. The van der Waals surface area contributed by atoms with Gasteiger partial charge in [0.25, 0.3) is 5.91 Å². The number of ether oxygens (including phenoxy) is 1. The topological polar surface area (TPSA) is 70.9 Å². The highest BCUT2D eigenvalue weighted by Crippen LogP contribution is 2.18. The molecule has 0 heterocycles. The van der Waals surface area contributed by atoms with E-state index < -0.39 is 12.5 Å². The van der Waals surface area contributed by atoms with Gasteiger partial charge in [0.1, 0.15) is 11.5 Å². The summed E-state index contributed by atoms with van der Waals surface area (Å²) in [5.74, 6) is -0.865. The number of hydrogen-bond donors (Lipinski definition) is 2. The molecule has 0 radical (unpaired) electrons. The molecule has 0 bridgehead atoms. The van der Waals surface area contributed by atoms with Crippen LogP contribution in [0.1, 0.15) is 15.9 Å². The molecule has 5 nitrogen and oxygen atoms in total. The lowest BCUT2D eigenvalue weighted by Crippen LogP contribution is -2.17. The summed E-state index contributed by atoms with van der Waals surface area (Å²) in [6.45, 7) is -2.95. The Morgan fingerprint density at radius 2 is 1.86 bits per heavy atom. The van der Waals surface area contributed by atoms with Crippen molar-refractivity contribution in [2.45, 2.75) is 6.61 Å². The Kier molecular flexibility index (Phi) is 5.02. The van der Waals surface area contributed by atoms with E-state index >= 15 is 0 Å². The molecule has 0 fully saturated rings. The molecule has 0 unspecified atom stereocenters. The van der Waals surface area contributed by atoms with Crippen molar-refractivity contribution >= 4 is 12.1 Å². The van der Waals surface area contributed by atoms with Crippen molar-refractivity contribution in [3.05, 3.63) is 59.7 Å². The van der Waals surface area contributed by atoms with Gasteiger partial charge in [-0.3, -0.25) is 4.79 Å². The van der Waals surface area contributed by atoms with Crippen LogP contribution in [0.25, 0.3) is 0 Å². The van der Waals surface area contributed by atoms with E-state index in [1.54, 1.807) is 18.2 Å². The first-order chi connectivity index (χ1) is 10.6. The Morgan fingerprint density at radius 3 is 2.59 bits per heavy atom. The molecule has 0 saturated carbocycles. The lowest BCUT2D eigenvalue weighted by molar-refractivity contribution is -0.0499. The minimum atomic E-state index is -2.95. The second-order valence-electron chi connectivity index (χ2n) is 4.13. The highest BCUT2D eigenvalue weighted by molar-refractivity contribution is 5.97. The third kappa shape index (κ3) is 4.02. The third-order valence-corrected chi connectivity index (χ3v) is 2.65. The SMILES string of the molecule is O=C(N/N=C/c1ccccc1OC(F)F)c1ccccc1O. The molecule has 1 amide bonds. The van der Waals surface area contributed by atoms with Gasteiger partial charge in [-0.2, -0.15) is 13.9 Å². The molecule has 2 aromatic carbocycles. The zero-order valence-electron chi connectivity index (χ0n) is 11.2. The van der Waals surface area contributed by atoms with Crippen LogP contribution >= 0.6 is 0 Å². The molecule has 0 saturated heterocycles. The predicted molar refractivity (Wildman–Crippen MR) is 76.2 cm³/mol. The molecule has 0 aromatic heterocycles. The number of benzene rings is 2. The quantitative estimate of drug-likeness (QED) is 0.659. The molecule has 0 spiro atoms. The van der Waals surface area contributed by atoms with Crippen LogP contribution in [0.5, 0.6) is 11.5 Å². The molecule has 0 aliphatic heterocycles. The molecule has 2 aromatic rings. The van der Waals surface area contributed by atoms with Crippen LogP contribution in [0.15, 0.2) is 53.6 Å². The number of hydrogen-bond acceptors (Lipinski definition) is 4. The van der Waals surface area contributed by atoms with Crippen LogP contribution in [0.4, 0.5) is 8.78 Å². The fraction of sp³-hybridized carbons (Fsp3) is 0.0667. The summed E-state index contributed by atoms with van der Waals surface area (Å²) in [4.78, 5) is 11.8. The van der Waals surface area contributed by atoms with Crippen molar-refractivity contribution in [1.29, 1.82) is 0 Å². The van der Waals surface area contributed by atoms with Gasteiger partial charge in [-0.25, -0.2) is 5.43 Å². The van der Waals surface area contributed by atoms with Gasteiger partial charge in [-0.1, -0.05) is 24.3 Å². The highest BCUT2D eigenvalue weighted by Gasteiger charge is 2.10. The molecule has 114 valence electrons. The molecule has 0 aliphatic carbocycles. The first-order valence-electron chi connectivity index (χ1n) is 6.23. The van der Waals surface area contributed by atoms with E-state index in [0.29, 0.717) is 0 Å². The molecule has 22 heavy (non-hydrogen) atoms. The fourth-order valence-electron chi connectivity index (χ4n) is 1.68. The minimum absolute atomic E-state index is 0.0526. The summed E-state index contributed by atoms with van der Waals surface area (Å²) in [5.41, 5.74) is 2.53. The molecule has 7 heteroatoms. The largest absolute Gasteiger partial charge is 0.507 e. The maximum absolute atomic E-state index is 12.3. The Balaban J connectivity index is 2.07. The van der Waals surface area contributed by atoms with Crippen LogP contribution < -0.4 is 10.2 Å². The summed E-state index contributed by atoms with van der Waals surface area (Å²) < 4.78 is 28.8. The number of aromatic hydroxyl groups is 1. The van der Waals surface area contributed by atoms with E-state index in [1.807, 2.05) is 0 Å². The summed E-state index contributed by atoms with van der Waals surface area (Å²) >= 11 is 0. The number of rotatable bonds is 5. The number of carbonyl (C=O) groups is 1. The number of nitrogens with one attached hydrogen (secondary N) is 1. The lowest BCUT2D eigenvalue weighted by Gasteiger charge is -2.07. The number of carbonyl (C=O) groups excluding carboxylic acids is 1. The molecular formula is C15H12F2N2O3. The zero-order valence-corrected chi connectivity index (χ0v) is 11.2. The van der Waals surface area contributed by atoms with Gasteiger partial charge in [0, 0.05) is 5.56 Å². The first-order valence-corrected chi connectivity index (χ1v) is 6.23. The van der Waals surface area contributed by atoms with Crippen LogP contribution in [0.3, 0.4) is 0 Å². The zero-order chi connectivity index (χ0) is 15.9. The normalized spacial score (nSPS) is 10.9. The standard InChI is InChI=1S/C15H12F2N2O3/c16-15(17)22-13-8-4-1-5-10(13)9-18-19-14(21)11-6-2-3-7-12(11)20/h1-9,15,20H,(H,19,21)/b18-9+. The van der Waals surface area contributed by atoms with Crippen LogP contribution in [0, 0.1) is 0 Å². The number of halogens is 2. The molecule has 2 N–H and O–H groups in total. The average Bonchev–Trinajstić information content (AvgIpc) is 2.49. The van der Waals surface area contributed by atoms with Gasteiger partial charge in [0.15, 0.2) is 0 Å². The van der Waals surface area contributed by atoms with Crippen LogP contribution in [0.2, 0.25) is 0 Å². The number of amides is 1. The number of hydrazone groups is 1. The summed E-state index contributed by atoms with van der Waals surface area (Å²) in [5, 5.41) is 13.2. The second kappa shape index (κ2) is 7.16. The average molecular weight is 306 g/mol. The summed E-state index contributed by atoms with van der Waals surface area (Å²) in [6, 6.07) is 12.0. The van der Waals surface area contributed by atoms with Gasteiger partial charge in [0.05, 0.1) is 11.8 Å². The maximum atomic E-state index is 12.3. The van der Waals surface area contributed by atoms with Crippen molar-refractivity contribution in [2.75, 3.05) is 0 Å². The van der Waals surface area contributed by atoms with E-state index in [2.05, 4.69) is 15.3 Å². The number of phenolic OH excluding ortho intramolecular Hbond substituents is 1. The molecule has 0 aliphatic rings. The lowest BCUT2D eigenvalue weighted by atomic mass is 10.2. The molecule has 2 rings (SSSR count). The van der Waals surface area contributed by atoms with Gasteiger partial charge in [0.2, 0.25) is 0 Å². The van der Waals surface area contributed by atoms with Gasteiger partial charge in [-0.05, 0) is 24.3 Å². The van der Waals surface area contributed by atoms with E-state index in [9.17, 15) is 18.7 Å². The first kappa shape index (κ1) is 15.4. The van der Waals surface area contributed by atoms with Crippen molar-refractivity contribution in [3.63, 3.8) is 0 Å². The van der Waals surface area contributed by atoms with Gasteiger partial charge >= 0.3 is 6.61 Å². The van der Waals surface area contributed by atoms with Gasteiger partial charge in [-0.15, -0.1) is 0 Å². The minimum Gasteiger partial charge on any atom is -0.507 e. The molecular weight excluding hydrogens is 294 g/mol. The smallest absolute Gasteiger partial charge is 0.387 e. The van der Waals surface area contributed by atoms with Crippen molar-refractivity contribution in [2.24, 2.45) is 5.10 Å². The number of alkyl halides is 2. The second-order valence-corrected chi connectivity index (χ2v) is 4.13. The highest BCUT2D eigenvalue weighted by atomic mass is 19.3. The Morgan fingerprint density at radius 1 is 1.18 bits per heavy atom. The maximum Gasteiger partial charge on any atom is 0.387 e. The molecule has 0 atom stereocenters. The van der Waals surface area contributed by atoms with Crippen molar-refractivity contribution in [1.82, 2.24) is 5.43 Å². The van der Waals surface area contributed by atoms with E-state index in [0.717, 1.165) is 0 Å². The fourth-order valence-corrected chi connectivity index (χ4v) is 1.68. The predicted octanol–water partition coefficient (Wildman–Crippen LogP) is 2.76. The number of para-hydroxylation sites is 2. The van der Waals surface area contributed by atoms with Crippen molar-refractivity contribution < 1.29 is 23.4 Å². The Hall–Kier alpha value is -2.96. The van der Waals surface area contributed by atoms with Gasteiger partial charge < -0.3 is 9.84 Å². The van der Waals surface area contributed by atoms with E-state index in [4.69, 9.17) is 0 Å². The van der Waals surface area contributed by atoms with E-state index in [-0.39, 0.29) is 22.6 Å². The number of nitrogens with zero attached hydrogens (tertiary/aromatic N) is 1. The van der Waals surface area contributed by atoms with Crippen LogP contribution in [-0.4, -0.2) is 23.8 Å². The Bertz CT molecular complexity index is 690. The third-order valence-electron chi connectivity index (χ3n) is 2.65. The van der Waals surface area contributed by atoms with E-state index in [1.165, 1.54) is 36.5 Å². The van der Waals surface area contributed by atoms with Crippen LogP contribution in [-0.2, 0) is 0 Å². The Labute approximate surface area is 124 Å². The van der Waals surface area contributed by atoms with Crippen molar-refractivity contribution in [3.8, 4) is 11.5 Å². The summed E-state index contributed by atoms with van der Waals surface area (Å²) in [7, 11) is 0. The number of phenols is 1. The monoisotopic (exact) mass is 306 g/mol.